The van der Waals surface area contributed by atoms with Crippen LogP contribution in [0, 0.1) is 0 Å². The van der Waals surface area contributed by atoms with Crippen LogP contribution in [-0.4, -0.2) is 48.7 Å². The molecule has 0 radical (unpaired) electrons. The van der Waals surface area contributed by atoms with Crippen molar-refractivity contribution in [2.45, 2.75) is 31.7 Å². The molecule has 0 saturated heterocycles. The zero-order valence-electron chi connectivity index (χ0n) is 17.8. The molecule has 2 aliphatic rings. The molecular formula is C22H24N4O6S. The first-order valence-corrected chi connectivity index (χ1v) is 11.4. The van der Waals surface area contributed by atoms with E-state index in [-0.39, 0.29) is 31.4 Å². The molecule has 0 saturated carbocycles. The monoisotopic (exact) mass is 472 g/mol. The summed E-state index contributed by atoms with van der Waals surface area (Å²) in [6.07, 6.45) is 1.42. The van der Waals surface area contributed by atoms with Crippen LogP contribution in [0.2, 0.25) is 0 Å². The van der Waals surface area contributed by atoms with Gasteiger partial charge in [0, 0.05) is 24.4 Å². The molecule has 11 heteroatoms. The molecule has 1 aromatic carbocycles. The van der Waals surface area contributed by atoms with Crippen LogP contribution in [0.25, 0.3) is 0 Å². The predicted octanol–water partition coefficient (Wildman–Crippen LogP) is 1.82. The van der Waals surface area contributed by atoms with Gasteiger partial charge in [-0.05, 0) is 42.7 Å². The van der Waals surface area contributed by atoms with Crippen molar-refractivity contribution in [1.29, 1.82) is 0 Å². The number of fused-ring (bicyclic) bond motifs is 1. The van der Waals surface area contributed by atoms with Crippen molar-refractivity contribution in [2.75, 3.05) is 19.9 Å². The molecule has 4 N–H and O–H groups in total. The SMILES string of the molecule is O=C(O)C[C@H](NC(=O)c1ccc(CCC(=O)NC2=NCCCN2)s1)c1ccc2c(c1)OCO2. The van der Waals surface area contributed by atoms with Gasteiger partial charge in [-0.2, -0.15) is 0 Å². The number of carboxylic acid groups (broad SMARTS) is 1. The van der Waals surface area contributed by atoms with E-state index in [1.807, 2.05) is 0 Å². The lowest BCUT2D eigenvalue weighted by Gasteiger charge is -2.17. The summed E-state index contributed by atoms with van der Waals surface area (Å²) in [7, 11) is 0. The number of aliphatic carboxylic acids is 1. The first-order valence-electron chi connectivity index (χ1n) is 10.6. The van der Waals surface area contributed by atoms with Gasteiger partial charge in [-0.3, -0.25) is 24.7 Å². The maximum atomic E-state index is 12.8. The van der Waals surface area contributed by atoms with Crippen LogP contribution in [-0.2, 0) is 16.0 Å². The molecule has 3 heterocycles. The van der Waals surface area contributed by atoms with Gasteiger partial charge in [-0.15, -0.1) is 11.3 Å². The number of aliphatic imine (C=N–C) groups is 1. The molecule has 0 spiro atoms. The van der Waals surface area contributed by atoms with Gasteiger partial charge in [-0.1, -0.05) is 6.07 Å². The number of carbonyl (C=O) groups excluding carboxylic acids is 2. The van der Waals surface area contributed by atoms with Crippen LogP contribution in [0.5, 0.6) is 11.5 Å². The van der Waals surface area contributed by atoms with Crippen molar-refractivity contribution < 1.29 is 29.0 Å². The number of carboxylic acids is 1. The summed E-state index contributed by atoms with van der Waals surface area (Å²) < 4.78 is 10.6. The molecule has 0 bridgehead atoms. The van der Waals surface area contributed by atoms with Gasteiger partial charge in [0.15, 0.2) is 17.5 Å². The summed E-state index contributed by atoms with van der Waals surface area (Å²) in [5, 5.41) is 17.9. The molecule has 1 atom stereocenters. The lowest BCUT2D eigenvalue weighted by molar-refractivity contribution is -0.137. The number of carbonyl (C=O) groups is 3. The molecule has 10 nitrogen and oxygen atoms in total. The molecule has 2 aromatic rings. The summed E-state index contributed by atoms with van der Waals surface area (Å²) in [6, 6.07) is 7.84. The molecule has 0 fully saturated rings. The molecule has 2 amide bonds. The zero-order valence-corrected chi connectivity index (χ0v) is 18.6. The minimum Gasteiger partial charge on any atom is -0.481 e. The van der Waals surface area contributed by atoms with Gasteiger partial charge in [-0.25, -0.2) is 0 Å². The molecule has 33 heavy (non-hydrogen) atoms. The van der Waals surface area contributed by atoms with Crippen LogP contribution in [0.4, 0.5) is 0 Å². The van der Waals surface area contributed by atoms with Gasteiger partial charge in [0.05, 0.1) is 17.3 Å². The fraction of sp³-hybridized carbons (Fsp3) is 0.364. The van der Waals surface area contributed by atoms with Gasteiger partial charge in [0.25, 0.3) is 5.91 Å². The number of nitrogens with one attached hydrogen (secondary N) is 3. The van der Waals surface area contributed by atoms with Crippen molar-refractivity contribution in [1.82, 2.24) is 16.0 Å². The molecule has 4 rings (SSSR count). The Morgan fingerprint density at radius 2 is 2.03 bits per heavy atom. The summed E-state index contributed by atoms with van der Waals surface area (Å²) >= 11 is 1.28. The van der Waals surface area contributed by atoms with E-state index in [0.29, 0.717) is 40.9 Å². The highest BCUT2D eigenvalue weighted by atomic mass is 32.1. The average Bonchev–Trinajstić information content (AvgIpc) is 3.46. The Kier molecular flexibility index (Phi) is 7.08. The highest BCUT2D eigenvalue weighted by Crippen LogP contribution is 2.35. The van der Waals surface area contributed by atoms with Crippen LogP contribution < -0.4 is 25.4 Å². The van der Waals surface area contributed by atoms with E-state index in [9.17, 15) is 19.5 Å². The number of rotatable bonds is 8. The number of hydrogen-bond acceptors (Lipinski definition) is 8. The fourth-order valence-electron chi connectivity index (χ4n) is 3.47. The topological polar surface area (TPSA) is 138 Å². The Labute approximate surface area is 194 Å². The van der Waals surface area contributed by atoms with Crippen molar-refractivity contribution in [3.05, 3.63) is 45.6 Å². The van der Waals surface area contributed by atoms with E-state index in [4.69, 9.17) is 9.47 Å². The normalized spacial score (nSPS) is 15.2. The Morgan fingerprint density at radius 1 is 1.18 bits per heavy atom. The molecule has 0 aliphatic carbocycles. The van der Waals surface area contributed by atoms with Crippen LogP contribution >= 0.6 is 11.3 Å². The Morgan fingerprint density at radius 3 is 2.82 bits per heavy atom. The third kappa shape index (κ3) is 6.01. The highest BCUT2D eigenvalue weighted by molar-refractivity contribution is 7.14. The van der Waals surface area contributed by atoms with E-state index < -0.39 is 12.0 Å². The minimum atomic E-state index is -1.03. The number of benzene rings is 1. The van der Waals surface area contributed by atoms with E-state index in [0.717, 1.165) is 17.8 Å². The third-order valence-corrected chi connectivity index (χ3v) is 6.27. The number of aryl methyl sites for hydroxylation is 1. The second-order valence-corrected chi connectivity index (χ2v) is 8.73. The molecule has 0 unspecified atom stereocenters. The standard InChI is InChI=1S/C22H24N4O6S/c27-19(26-22-23-8-1-9-24-22)7-4-14-3-6-18(33-14)21(30)25-15(11-20(28)29)13-2-5-16-17(10-13)32-12-31-16/h2-3,5-6,10,15H,1,4,7-9,11-12H2,(H,25,30)(H,28,29)(H2,23,24,26,27)/t15-/m0/s1. The quantitative estimate of drug-likeness (QED) is 0.460. The number of hydrogen-bond donors (Lipinski definition) is 4. The van der Waals surface area contributed by atoms with Gasteiger partial charge in [0.2, 0.25) is 12.7 Å². The molecule has 1 aromatic heterocycles. The number of thiophene rings is 1. The fourth-order valence-corrected chi connectivity index (χ4v) is 4.38. The minimum absolute atomic E-state index is 0.107. The van der Waals surface area contributed by atoms with Crippen molar-refractivity contribution in [2.24, 2.45) is 4.99 Å². The maximum Gasteiger partial charge on any atom is 0.305 e. The van der Waals surface area contributed by atoms with Gasteiger partial charge >= 0.3 is 5.97 Å². The molecule has 2 aliphatic heterocycles. The molecular weight excluding hydrogens is 448 g/mol. The van der Waals surface area contributed by atoms with E-state index >= 15 is 0 Å². The van der Waals surface area contributed by atoms with E-state index in [1.165, 1.54) is 11.3 Å². The Bertz CT molecular complexity index is 1080. The summed E-state index contributed by atoms with van der Waals surface area (Å²) in [5.41, 5.74) is 0.614. The second kappa shape index (κ2) is 10.3. The number of nitrogens with zero attached hydrogens (tertiary/aromatic N) is 1. The lowest BCUT2D eigenvalue weighted by atomic mass is 10.0. The summed E-state index contributed by atoms with van der Waals surface area (Å²) in [5.74, 6) is 0.0475. The lowest BCUT2D eigenvalue weighted by Crippen LogP contribution is -2.43. The van der Waals surface area contributed by atoms with E-state index in [1.54, 1.807) is 30.3 Å². The first kappa shape index (κ1) is 22.6. The smallest absolute Gasteiger partial charge is 0.305 e. The maximum absolute atomic E-state index is 12.8. The Balaban J connectivity index is 1.35. The summed E-state index contributed by atoms with van der Waals surface area (Å²) in [4.78, 5) is 41.8. The van der Waals surface area contributed by atoms with Crippen molar-refractivity contribution >= 4 is 35.1 Å². The number of amides is 2. The Hall–Kier alpha value is -3.60. The predicted molar refractivity (Wildman–Crippen MR) is 121 cm³/mol. The van der Waals surface area contributed by atoms with Crippen LogP contribution in [0.1, 0.15) is 45.4 Å². The zero-order chi connectivity index (χ0) is 23.2. The van der Waals surface area contributed by atoms with Crippen LogP contribution in [0.3, 0.4) is 0 Å². The average molecular weight is 473 g/mol. The summed E-state index contributed by atoms with van der Waals surface area (Å²) in [6.45, 7) is 1.59. The van der Waals surface area contributed by atoms with Crippen LogP contribution in [0.15, 0.2) is 35.3 Å². The van der Waals surface area contributed by atoms with Crippen molar-refractivity contribution in [3.63, 3.8) is 0 Å². The van der Waals surface area contributed by atoms with Crippen molar-refractivity contribution in [3.8, 4) is 11.5 Å². The van der Waals surface area contributed by atoms with E-state index in [2.05, 4.69) is 20.9 Å². The van der Waals surface area contributed by atoms with Gasteiger partial charge < -0.3 is 25.2 Å². The highest BCUT2D eigenvalue weighted by Gasteiger charge is 2.23. The largest absolute Gasteiger partial charge is 0.481 e. The van der Waals surface area contributed by atoms with Gasteiger partial charge in [0.1, 0.15) is 0 Å². The number of ether oxygens (including phenoxy) is 2. The number of guanidine groups is 1. The second-order valence-electron chi connectivity index (χ2n) is 7.56. The molecule has 174 valence electrons. The first-order chi connectivity index (χ1) is 16.0. The third-order valence-electron chi connectivity index (χ3n) is 5.12.